The minimum absolute atomic E-state index is 0. The molecule has 15 heteroatoms. The zero-order valence-corrected chi connectivity index (χ0v) is 25.6. The quantitative estimate of drug-likeness (QED) is 0.129. The molecular formula is C15H28Al2I3O10-. The Balaban J connectivity index is -0.000000106. The van der Waals surface area contributed by atoms with Gasteiger partial charge in [-0.05, 0) is 25.7 Å². The first kappa shape index (κ1) is 41.6. The number of carbonyl (C=O) groups excluding carboxylic acids is 3. The molecule has 2 aliphatic heterocycles. The maximum atomic E-state index is 10.9. The molecule has 0 aliphatic carbocycles. The number of halogens is 3. The number of hydrogen-bond acceptors (Lipinski definition) is 8. The van der Waals surface area contributed by atoms with E-state index in [-0.39, 0.29) is 58.1 Å². The van der Waals surface area contributed by atoms with Crippen molar-refractivity contribution in [1.82, 2.24) is 0 Å². The van der Waals surface area contributed by atoms with Gasteiger partial charge in [-0.15, -0.1) is 0 Å². The fourth-order valence-electron chi connectivity index (χ4n) is 2.24. The summed E-state index contributed by atoms with van der Waals surface area (Å²) in [5, 5.41) is 0. The van der Waals surface area contributed by atoms with E-state index in [1.54, 1.807) is 0 Å². The summed E-state index contributed by atoms with van der Waals surface area (Å²) in [6.45, 7) is 3.56. The zero-order valence-electron chi connectivity index (χ0n) is 16.9. The first-order chi connectivity index (χ1) is 13.0. The van der Waals surface area contributed by atoms with E-state index in [2.05, 4.69) is 42.0 Å². The summed E-state index contributed by atoms with van der Waals surface area (Å²) in [7, 11) is 1.43. The predicted molar refractivity (Wildman–Crippen MR) is 123 cm³/mol. The van der Waals surface area contributed by atoms with Gasteiger partial charge in [0.05, 0.1) is 32.2 Å². The molecular weight excluding hydrogens is 775 g/mol. The van der Waals surface area contributed by atoms with Crippen LogP contribution in [-0.2, 0) is 37.1 Å². The fourth-order valence-corrected chi connectivity index (χ4v) is 2.24. The number of rotatable bonds is 4. The van der Waals surface area contributed by atoms with Gasteiger partial charge < -0.3 is 29.9 Å². The summed E-state index contributed by atoms with van der Waals surface area (Å²) in [5.74, 6) is -0.546. The monoisotopic (exact) mass is 803 g/mol. The van der Waals surface area contributed by atoms with Gasteiger partial charge in [0.1, 0.15) is 0 Å². The maximum absolute atomic E-state index is 10.9. The number of ether oxygens (including phenoxy) is 4. The van der Waals surface area contributed by atoms with E-state index in [1.807, 2.05) is 0 Å². The van der Waals surface area contributed by atoms with Crippen LogP contribution >= 0.6 is 37.2 Å². The van der Waals surface area contributed by atoms with Crippen molar-refractivity contribution < 1.29 is 61.3 Å². The van der Waals surface area contributed by atoms with Gasteiger partial charge >= 0.3 is 88.4 Å². The van der Waals surface area contributed by atoms with Gasteiger partial charge in [-0.2, -0.15) is 0 Å². The average Bonchev–Trinajstić information content (AvgIpc) is 3.09. The predicted octanol–water partition coefficient (Wildman–Crippen LogP) is -2.67. The second-order valence-electron chi connectivity index (χ2n) is 5.25. The zero-order chi connectivity index (χ0) is 21.1. The molecule has 0 bridgehead atoms. The molecule has 1 atom stereocenters. The molecule has 2 rings (SSSR count). The van der Waals surface area contributed by atoms with Crippen molar-refractivity contribution in [3.05, 3.63) is 0 Å². The van der Waals surface area contributed by atoms with Crippen LogP contribution in [0.4, 0.5) is 0 Å². The van der Waals surface area contributed by atoms with Crippen LogP contribution in [0, 0.1) is 11.8 Å². The third-order valence-corrected chi connectivity index (χ3v) is 3.57. The van der Waals surface area contributed by atoms with Crippen molar-refractivity contribution >= 4 is 88.7 Å². The fraction of sp³-hybridized carbons (Fsp3) is 0.800. The van der Waals surface area contributed by atoms with E-state index in [9.17, 15) is 14.4 Å². The summed E-state index contributed by atoms with van der Waals surface area (Å²) < 4.78 is 27.3. The van der Waals surface area contributed by atoms with Crippen molar-refractivity contribution in [3.63, 3.8) is 0 Å². The topological polar surface area (TPSA) is 168 Å². The Morgan fingerprint density at radius 2 is 1.63 bits per heavy atom. The van der Waals surface area contributed by atoms with Crippen molar-refractivity contribution in [2.24, 2.45) is 11.8 Å². The van der Waals surface area contributed by atoms with Gasteiger partial charge in [0.15, 0.2) is 0 Å². The Morgan fingerprint density at radius 1 is 1.13 bits per heavy atom. The van der Waals surface area contributed by atoms with Gasteiger partial charge in [0.25, 0.3) is 0 Å². The summed E-state index contributed by atoms with van der Waals surface area (Å²) in [6.07, 6.45) is 2.96. The normalized spacial score (nSPS) is 16.5. The molecule has 30 heavy (non-hydrogen) atoms. The SMILES string of the molecule is CC(=O)OCCC1CCOC1=O.COC(=O)C1CCOCC1.I[I-]I.O.O.[Al].[O]=[Al]. The molecule has 4 radical (unpaired) electrons. The van der Waals surface area contributed by atoms with E-state index in [0.717, 1.165) is 19.3 Å². The van der Waals surface area contributed by atoms with Crippen LogP contribution in [0.1, 0.15) is 32.6 Å². The first-order valence-electron chi connectivity index (χ1n) is 8.02. The Morgan fingerprint density at radius 3 is 2.00 bits per heavy atom. The second kappa shape index (κ2) is 30.3. The van der Waals surface area contributed by atoms with E-state index in [0.29, 0.717) is 46.1 Å². The molecule has 2 heterocycles. The number of methoxy groups -OCH3 is 1. The van der Waals surface area contributed by atoms with Gasteiger partial charge in [0.2, 0.25) is 0 Å². The molecule has 0 aromatic heterocycles. The van der Waals surface area contributed by atoms with Gasteiger partial charge in [0, 0.05) is 37.5 Å². The standard InChI is InChI=1S/C8H12O4.C7H12O3.2Al.I3.2H2O.O/c1-6(9)11-4-2-7-3-5-12-8(7)10;1-9-7(8)6-2-4-10-5-3-6;;;1-3-2;;;/h7H,2-5H2,1H3;6H,2-5H2,1H3;;;;2*1H2;/q;;;;-1;;;. The van der Waals surface area contributed by atoms with Gasteiger partial charge in [-0.1, -0.05) is 0 Å². The molecule has 2 saturated heterocycles. The summed E-state index contributed by atoms with van der Waals surface area (Å²) in [4.78, 5) is 32.1. The summed E-state index contributed by atoms with van der Waals surface area (Å²) in [6, 6.07) is 0. The number of carbonyl (C=O) groups is 3. The van der Waals surface area contributed by atoms with E-state index < -0.39 is 0 Å². The Kier molecular flexibility index (Phi) is 42.1. The molecule has 2 aliphatic rings. The molecule has 0 spiro atoms. The van der Waals surface area contributed by atoms with Crippen LogP contribution in [0.15, 0.2) is 0 Å². The summed E-state index contributed by atoms with van der Waals surface area (Å²) in [5.41, 5.74) is 0. The van der Waals surface area contributed by atoms with Crippen LogP contribution in [0.2, 0.25) is 0 Å². The Labute approximate surface area is 225 Å². The van der Waals surface area contributed by atoms with E-state index >= 15 is 0 Å². The number of esters is 3. The molecule has 0 aromatic rings. The van der Waals surface area contributed by atoms with Crippen molar-refractivity contribution in [3.8, 4) is 0 Å². The Bertz CT molecular complexity index is 429. The van der Waals surface area contributed by atoms with Crippen molar-refractivity contribution in [2.45, 2.75) is 32.6 Å². The second-order valence-corrected chi connectivity index (χ2v) is 21.5. The van der Waals surface area contributed by atoms with Gasteiger partial charge in [-0.3, -0.25) is 14.4 Å². The molecule has 0 aromatic carbocycles. The third kappa shape index (κ3) is 24.0. The molecule has 0 saturated carbocycles. The van der Waals surface area contributed by atoms with Crippen molar-refractivity contribution in [1.29, 1.82) is 0 Å². The Hall–Kier alpha value is 1.34. The first-order valence-corrected chi connectivity index (χ1v) is 21.1. The van der Waals surface area contributed by atoms with Crippen molar-refractivity contribution in [2.75, 3.05) is 33.5 Å². The molecule has 10 nitrogen and oxygen atoms in total. The van der Waals surface area contributed by atoms with Crippen LogP contribution < -0.4 is 13.3 Å². The molecule has 176 valence electrons. The minimum atomic E-state index is -0.304. The van der Waals surface area contributed by atoms with Crippen LogP contribution in [0.25, 0.3) is 0 Å². The van der Waals surface area contributed by atoms with E-state index in [4.69, 9.17) is 18.0 Å². The van der Waals surface area contributed by atoms with Crippen LogP contribution in [0.5, 0.6) is 0 Å². The average molecular weight is 803 g/mol. The number of cyclic esters (lactones) is 1. The molecule has 2 fully saturated rings. The summed E-state index contributed by atoms with van der Waals surface area (Å²) >= 11 is 6.47. The third-order valence-electron chi connectivity index (χ3n) is 3.57. The van der Waals surface area contributed by atoms with Crippen LogP contribution in [0.3, 0.4) is 0 Å². The molecule has 0 amide bonds. The van der Waals surface area contributed by atoms with E-state index in [1.165, 1.54) is 30.3 Å². The molecule has 4 N–H and O–H groups in total. The van der Waals surface area contributed by atoms with Gasteiger partial charge in [-0.25, -0.2) is 0 Å². The van der Waals surface area contributed by atoms with Crippen LogP contribution in [-0.4, -0.2) is 96.0 Å². The number of hydrogen-bond donors (Lipinski definition) is 0. The molecule has 1 unspecified atom stereocenters.